The van der Waals surface area contributed by atoms with Gasteiger partial charge >= 0.3 is 6.03 Å². The highest BCUT2D eigenvalue weighted by Crippen LogP contribution is 2.32. The molecule has 1 aliphatic rings. The van der Waals surface area contributed by atoms with Gasteiger partial charge < -0.3 is 14.8 Å². The molecule has 0 bridgehead atoms. The van der Waals surface area contributed by atoms with E-state index < -0.39 is 0 Å². The number of halogens is 1. The molecule has 1 aliphatic heterocycles. The Morgan fingerprint density at radius 3 is 2.75 bits per heavy atom. The number of aromatic nitrogens is 1. The summed E-state index contributed by atoms with van der Waals surface area (Å²) in [5.41, 5.74) is 4.48. The first-order valence-electron chi connectivity index (χ1n) is 8.51. The van der Waals surface area contributed by atoms with Crippen LogP contribution in [0.1, 0.15) is 42.8 Å². The summed E-state index contributed by atoms with van der Waals surface area (Å²) >= 11 is 3.50. The number of anilines is 1. The van der Waals surface area contributed by atoms with Gasteiger partial charge in [0.1, 0.15) is 0 Å². The number of carbonyl (C=O) groups excluding carboxylic acids is 1. The van der Waals surface area contributed by atoms with E-state index in [4.69, 9.17) is 0 Å². The number of urea groups is 1. The molecule has 2 amide bonds. The van der Waals surface area contributed by atoms with Crippen molar-refractivity contribution >= 4 is 27.6 Å². The van der Waals surface area contributed by atoms with Gasteiger partial charge in [0.05, 0.1) is 6.04 Å². The summed E-state index contributed by atoms with van der Waals surface area (Å²) in [5, 5.41) is 3.06. The second-order valence-corrected chi connectivity index (χ2v) is 7.30. The van der Waals surface area contributed by atoms with Crippen LogP contribution in [0.2, 0.25) is 0 Å². The zero-order valence-electron chi connectivity index (χ0n) is 14.5. The van der Waals surface area contributed by atoms with E-state index in [1.165, 1.54) is 11.4 Å². The molecular weight excluding hydrogens is 366 g/mol. The standard InChI is InChI=1S/C19H24BrN3O/c1-4-5-17-18-9-6-14(3)22(18)10-11-23(17)19(24)21-15-7-8-16(20)13(2)12-15/h6-9,12,17H,4-5,10-11H2,1-3H3,(H,21,24). The average Bonchev–Trinajstić information content (AvgIpc) is 2.93. The first-order valence-corrected chi connectivity index (χ1v) is 9.30. The highest BCUT2D eigenvalue weighted by Gasteiger charge is 2.31. The molecule has 0 saturated heterocycles. The Morgan fingerprint density at radius 2 is 2.04 bits per heavy atom. The molecule has 0 saturated carbocycles. The minimum Gasteiger partial charge on any atom is -0.345 e. The van der Waals surface area contributed by atoms with E-state index in [0.717, 1.165) is 41.7 Å². The molecule has 5 heteroatoms. The van der Waals surface area contributed by atoms with Crippen molar-refractivity contribution in [3.63, 3.8) is 0 Å². The molecule has 0 spiro atoms. The number of fused-ring (bicyclic) bond motifs is 1. The van der Waals surface area contributed by atoms with Gasteiger partial charge in [-0.2, -0.15) is 0 Å². The number of hydrogen-bond donors (Lipinski definition) is 1. The Hall–Kier alpha value is -1.75. The first-order chi connectivity index (χ1) is 11.5. The molecule has 1 unspecified atom stereocenters. The van der Waals surface area contributed by atoms with Gasteiger partial charge in [-0.25, -0.2) is 4.79 Å². The van der Waals surface area contributed by atoms with Crippen molar-refractivity contribution in [3.05, 3.63) is 51.8 Å². The number of hydrogen-bond acceptors (Lipinski definition) is 1. The van der Waals surface area contributed by atoms with Crippen molar-refractivity contribution in [3.8, 4) is 0 Å². The molecule has 0 aliphatic carbocycles. The maximum atomic E-state index is 12.9. The quantitative estimate of drug-likeness (QED) is 0.763. The summed E-state index contributed by atoms with van der Waals surface area (Å²) in [4.78, 5) is 14.8. The fraction of sp³-hybridized carbons (Fsp3) is 0.421. The predicted molar refractivity (Wildman–Crippen MR) is 101 cm³/mol. The Kier molecular flexibility index (Phi) is 4.99. The number of aryl methyl sites for hydroxylation is 2. The van der Waals surface area contributed by atoms with Gasteiger partial charge in [0.15, 0.2) is 0 Å². The van der Waals surface area contributed by atoms with Crippen LogP contribution >= 0.6 is 15.9 Å². The van der Waals surface area contributed by atoms with Gasteiger partial charge in [-0.15, -0.1) is 0 Å². The minimum absolute atomic E-state index is 0.0136. The summed E-state index contributed by atoms with van der Waals surface area (Å²) in [6.07, 6.45) is 2.03. The van der Waals surface area contributed by atoms with Crippen molar-refractivity contribution < 1.29 is 4.79 Å². The van der Waals surface area contributed by atoms with Gasteiger partial charge in [-0.1, -0.05) is 29.3 Å². The molecule has 0 fully saturated rings. The van der Waals surface area contributed by atoms with Crippen LogP contribution in [0.15, 0.2) is 34.8 Å². The second kappa shape index (κ2) is 7.01. The lowest BCUT2D eigenvalue weighted by atomic mass is 10.0. The third-order valence-electron chi connectivity index (χ3n) is 4.75. The van der Waals surface area contributed by atoms with E-state index in [1.807, 2.05) is 30.0 Å². The Bertz CT molecular complexity index is 753. The van der Waals surface area contributed by atoms with E-state index in [2.05, 4.69) is 51.8 Å². The van der Waals surface area contributed by atoms with Crippen molar-refractivity contribution in [2.75, 3.05) is 11.9 Å². The molecule has 0 radical (unpaired) electrons. The molecule has 3 rings (SSSR count). The minimum atomic E-state index is -0.0136. The Balaban J connectivity index is 1.81. The predicted octanol–water partition coefficient (Wildman–Crippen LogP) is 5.26. The summed E-state index contributed by atoms with van der Waals surface area (Å²) in [6.45, 7) is 7.93. The number of carbonyl (C=O) groups is 1. The third kappa shape index (κ3) is 3.22. The topological polar surface area (TPSA) is 37.3 Å². The lowest BCUT2D eigenvalue weighted by molar-refractivity contribution is 0.162. The van der Waals surface area contributed by atoms with E-state index in [0.29, 0.717) is 0 Å². The van der Waals surface area contributed by atoms with Gasteiger partial charge in [0, 0.05) is 34.6 Å². The lowest BCUT2D eigenvalue weighted by Crippen LogP contribution is -2.44. The lowest BCUT2D eigenvalue weighted by Gasteiger charge is -2.37. The summed E-state index contributed by atoms with van der Waals surface area (Å²) in [7, 11) is 0. The van der Waals surface area contributed by atoms with Crippen LogP contribution in [0.5, 0.6) is 0 Å². The van der Waals surface area contributed by atoms with Gasteiger partial charge in [-0.05, 0) is 56.2 Å². The summed E-state index contributed by atoms with van der Waals surface area (Å²) < 4.78 is 3.39. The Morgan fingerprint density at radius 1 is 1.25 bits per heavy atom. The molecule has 1 N–H and O–H groups in total. The molecule has 128 valence electrons. The molecule has 24 heavy (non-hydrogen) atoms. The maximum Gasteiger partial charge on any atom is 0.322 e. The molecule has 2 aromatic rings. The maximum absolute atomic E-state index is 12.9. The smallest absolute Gasteiger partial charge is 0.322 e. The van der Waals surface area contributed by atoms with Crippen LogP contribution in [0.4, 0.5) is 10.5 Å². The number of nitrogens with one attached hydrogen (secondary N) is 1. The molecular formula is C19H24BrN3O. The van der Waals surface area contributed by atoms with Crippen LogP contribution in [-0.4, -0.2) is 22.0 Å². The highest BCUT2D eigenvalue weighted by molar-refractivity contribution is 9.10. The largest absolute Gasteiger partial charge is 0.345 e. The second-order valence-electron chi connectivity index (χ2n) is 6.44. The molecule has 1 atom stereocenters. The van der Waals surface area contributed by atoms with E-state index in [9.17, 15) is 4.79 Å². The number of nitrogens with zero attached hydrogens (tertiary/aromatic N) is 2. The third-order valence-corrected chi connectivity index (χ3v) is 5.64. The van der Waals surface area contributed by atoms with Crippen LogP contribution in [-0.2, 0) is 6.54 Å². The van der Waals surface area contributed by atoms with Gasteiger partial charge in [0.2, 0.25) is 0 Å². The SMILES string of the molecule is CCCC1c2ccc(C)n2CCN1C(=O)Nc1ccc(Br)c(C)c1. The highest BCUT2D eigenvalue weighted by atomic mass is 79.9. The number of amides is 2. The number of benzene rings is 1. The van der Waals surface area contributed by atoms with Crippen molar-refractivity contribution in [1.29, 1.82) is 0 Å². The van der Waals surface area contributed by atoms with E-state index in [-0.39, 0.29) is 12.1 Å². The molecule has 2 heterocycles. The van der Waals surface area contributed by atoms with E-state index in [1.54, 1.807) is 0 Å². The normalized spacial score (nSPS) is 16.8. The van der Waals surface area contributed by atoms with Crippen LogP contribution in [0.3, 0.4) is 0 Å². The van der Waals surface area contributed by atoms with Crippen molar-refractivity contribution in [1.82, 2.24) is 9.47 Å². The molecule has 4 nitrogen and oxygen atoms in total. The average molecular weight is 390 g/mol. The Labute approximate surface area is 152 Å². The van der Waals surface area contributed by atoms with Gasteiger partial charge in [-0.3, -0.25) is 0 Å². The van der Waals surface area contributed by atoms with Gasteiger partial charge in [0.25, 0.3) is 0 Å². The van der Waals surface area contributed by atoms with Crippen molar-refractivity contribution in [2.24, 2.45) is 0 Å². The van der Waals surface area contributed by atoms with Crippen LogP contribution in [0, 0.1) is 13.8 Å². The zero-order valence-corrected chi connectivity index (χ0v) is 16.1. The monoisotopic (exact) mass is 389 g/mol. The first kappa shape index (κ1) is 17.1. The fourth-order valence-electron chi connectivity index (χ4n) is 3.45. The number of rotatable bonds is 3. The summed E-state index contributed by atoms with van der Waals surface area (Å²) in [6, 6.07) is 10.3. The zero-order chi connectivity index (χ0) is 17.3. The van der Waals surface area contributed by atoms with Crippen molar-refractivity contribution in [2.45, 2.75) is 46.2 Å². The van der Waals surface area contributed by atoms with Crippen LogP contribution in [0.25, 0.3) is 0 Å². The molecule has 1 aromatic carbocycles. The van der Waals surface area contributed by atoms with Crippen LogP contribution < -0.4 is 5.32 Å². The molecule has 1 aromatic heterocycles. The summed E-state index contributed by atoms with van der Waals surface area (Å²) in [5.74, 6) is 0. The fourth-order valence-corrected chi connectivity index (χ4v) is 3.69. The van der Waals surface area contributed by atoms with E-state index >= 15 is 0 Å².